The van der Waals surface area contributed by atoms with Gasteiger partial charge in [0.25, 0.3) is 11.8 Å². The largest absolute Gasteiger partial charge is 0.306 e. The summed E-state index contributed by atoms with van der Waals surface area (Å²) >= 11 is 3.26. The van der Waals surface area contributed by atoms with Crippen molar-refractivity contribution in [3.63, 3.8) is 0 Å². The number of nitrogens with zero attached hydrogens (tertiary/aromatic N) is 3. The lowest BCUT2D eigenvalue weighted by atomic mass is 10.1. The van der Waals surface area contributed by atoms with Crippen LogP contribution in [0.5, 0.6) is 0 Å². The SMILES string of the molecule is Cc1ccc(-c2cc(C(=O)Nc3cccc(NC(=O)c4cc(-c5ccc(C)s5)nc5ccccc45)n3)c3ccccc3n2)s1. The highest BCUT2D eigenvalue weighted by atomic mass is 32.1. The molecule has 0 saturated carbocycles. The summed E-state index contributed by atoms with van der Waals surface area (Å²) in [4.78, 5) is 45.7. The Morgan fingerprint density at radius 3 is 1.43 bits per heavy atom. The van der Waals surface area contributed by atoms with Gasteiger partial charge in [-0.15, -0.1) is 22.7 Å². The van der Waals surface area contributed by atoms with Crippen LogP contribution >= 0.6 is 22.7 Å². The minimum atomic E-state index is -0.315. The normalized spacial score (nSPS) is 11.1. The number of benzene rings is 2. The van der Waals surface area contributed by atoms with Gasteiger partial charge in [0, 0.05) is 20.5 Å². The molecule has 214 valence electrons. The summed E-state index contributed by atoms with van der Waals surface area (Å²) in [5.74, 6) is 0.00308. The molecule has 7 rings (SSSR count). The number of aryl methyl sites for hydroxylation is 2. The summed E-state index contributed by atoms with van der Waals surface area (Å²) in [5, 5.41) is 7.32. The molecule has 5 heterocycles. The van der Waals surface area contributed by atoms with Crippen molar-refractivity contribution >= 4 is 67.9 Å². The third kappa shape index (κ3) is 5.46. The number of hydrogen-bond acceptors (Lipinski definition) is 7. The van der Waals surface area contributed by atoms with E-state index in [9.17, 15) is 9.59 Å². The van der Waals surface area contributed by atoms with E-state index in [4.69, 9.17) is 9.97 Å². The van der Waals surface area contributed by atoms with Crippen LogP contribution in [0.2, 0.25) is 0 Å². The zero-order valence-electron chi connectivity index (χ0n) is 23.8. The number of fused-ring (bicyclic) bond motifs is 2. The molecular weight excluding hydrogens is 587 g/mol. The number of aromatic nitrogens is 3. The Labute approximate surface area is 261 Å². The van der Waals surface area contributed by atoms with Crippen molar-refractivity contribution in [3.05, 3.63) is 124 Å². The molecule has 0 radical (unpaired) electrons. The topological polar surface area (TPSA) is 96.9 Å². The van der Waals surface area contributed by atoms with E-state index in [0.717, 1.165) is 42.9 Å². The zero-order chi connectivity index (χ0) is 30.2. The summed E-state index contributed by atoms with van der Waals surface area (Å²) < 4.78 is 0. The minimum Gasteiger partial charge on any atom is -0.306 e. The first kappa shape index (κ1) is 27.6. The number of hydrogen-bond donors (Lipinski definition) is 2. The van der Waals surface area contributed by atoms with Crippen LogP contribution in [0.4, 0.5) is 11.6 Å². The van der Waals surface area contributed by atoms with Crippen molar-refractivity contribution in [1.82, 2.24) is 15.0 Å². The number of carbonyl (C=O) groups is 2. The number of thiophene rings is 2. The Morgan fingerprint density at radius 2 is 1.00 bits per heavy atom. The van der Waals surface area contributed by atoms with Crippen LogP contribution in [0.3, 0.4) is 0 Å². The summed E-state index contributed by atoms with van der Waals surface area (Å²) in [6.07, 6.45) is 0. The van der Waals surface area contributed by atoms with Gasteiger partial charge in [0.05, 0.1) is 43.3 Å². The van der Waals surface area contributed by atoms with Crippen molar-refractivity contribution in [1.29, 1.82) is 0 Å². The van der Waals surface area contributed by atoms with Crippen molar-refractivity contribution in [3.8, 4) is 21.1 Å². The van der Waals surface area contributed by atoms with Gasteiger partial charge in [0.15, 0.2) is 0 Å². The molecule has 7 nitrogen and oxygen atoms in total. The average molecular weight is 612 g/mol. The summed E-state index contributed by atoms with van der Waals surface area (Å²) in [6.45, 7) is 4.09. The molecule has 0 aliphatic carbocycles. The number of rotatable bonds is 6. The van der Waals surface area contributed by atoms with E-state index in [1.807, 2.05) is 98.8 Å². The molecule has 0 saturated heterocycles. The standard InChI is InChI=1S/C35H25N5O2S2/c1-20-14-16-30(43-20)28-18-24(22-8-3-5-10-26(22)36-28)34(41)39-32-12-7-13-33(38-32)40-35(42)25-19-29(31-17-15-21(2)44-31)37-27-11-6-4-9-23(25)27/h3-19H,1-2H3,(H2,38,39,40,41,42). The smallest absolute Gasteiger partial charge is 0.257 e. The summed E-state index contributed by atoms with van der Waals surface area (Å²) in [5.41, 5.74) is 3.93. The number of anilines is 2. The van der Waals surface area contributed by atoms with Gasteiger partial charge >= 0.3 is 0 Å². The van der Waals surface area contributed by atoms with E-state index in [2.05, 4.69) is 15.6 Å². The van der Waals surface area contributed by atoms with E-state index in [-0.39, 0.29) is 11.8 Å². The molecular formula is C35H25N5O2S2. The van der Waals surface area contributed by atoms with Crippen LogP contribution < -0.4 is 10.6 Å². The van der Waals surface area contributed by atoms with Crippen LogP contribution in [0, 0.1) is 13.8 Å². The minimum absolute atomic E-state index is 0.315. The maximum atomic E-state index is 13.6. The third-order valence-corrected chi connectivity index (χ3v) is 9.19. The van der Waals surface area contributed by atoms with Gasteiger partial charge in [-0.1, -0.05) is 42.5 Å². The summed E-state index contributed by atoms with van der Waals surface area (Å²) in [6, 6.07) is 32.0. The Balaban J connectivity index is 1.17. The number of carbonyl (C=O) groups excluding carboxylic acids is 2. The molecule has 0 atom stereocenters. The second-order valence-electron chi connectivity index (χ2n) is 10.3. The lowest BCUT2D eigenvalue weighted by Crippen LogP contribution is -2.17. The molecule has 0 unspecified atom stereocenters. The Morgan fingerprint density at radius 1 is 0.545 bits per heavy atom. The van der Waals surface area contributed by atoms with E-state index >= 15 is 0 Å². The average Bonchev–Trinajstić information content (AvgIpc) is 3.68. The maximum absolute atomic E-state index is 13.6. The van der Waals surface area contributed by atoms with Gasteiger partial charge in [-0.25, -0.2) is 15.0 Å². The fourth-order valence-electron chi connectivity index (χ4n) is 5.06. The first-order chi connectivity index (χ1) is 21.4. The molecule has 0 aliphatic heterocycles. The highest BCUT2D eigenvalue weighted by Crippen LogP contribution is 2.32. The van der Waals surface area contributed by atoms with E-state index < -0.39 is 0 Å². The molecule has 0 aliphatic rings. The third-order valence-electron chi connectivity index (χ3n) is 7.14. The predicted octanol–water partition coefficient (Wildman–Crippen LogP) is 8.76. The van der Waals surface area contributed by atoms with Crippen LogP contribution in [0.25, 0.3) is 42.9 Å². The second kappa shape index (κ2) is 11.4. The molecule has 7 aromatic rings. The second-order valence-corrected chi connectivity index (χ2v) is 12.9. The van der Waals surface area contributed by atoms with Crippen LogP contribution in [0.15, 0.2) is 103 Å². The maximum Gasteiger partial charge on any atom is 0.257 e. The van der Waals surface area contributed by atoms with Crippen molar-refractivity contribution in [2.75, 3.05) is 10.6 Å². The van der Waals surface area contributed by atoms with E-state index in [1.54, 1.807) is 40.9 Å². The number of nitrogens with one attached hydrogen (secondary N) is 2. The van der Waals surface area contributed by atoms with Gasteiger partial charge in [-0.3, -0.25) is 9.59 Å². The Kier molecular flexibility index (Phi) is 7.17. The molecule has 2 amide bonds. The van der Waals surface area contributed by atoms with Gasteiger partial charge in [-0.05, 0) is 74.5 Å². The highest BCUT2D eigenvalue weighted by molar-refractivity contribution is 7.15. The Bertz CT molecular complexity index is 2070. The first-order valence-electron chi connectivity index (χ1n) is 13.9. The van der Waals surface area contributed by atoms with E-state index in [0.29, 0.717) is 22.8 Å². The van der Waals surface area contributed by atoms with Crippen LogP contribution in [-0.2, 0) is 0 Å². The molecule has 0 spiro atoms. The number of amides is 2. The molecule has 0 fully saturated rings. The van der Waals surface area contributed by atoms with Gasteiger partial charge in [-0.2, -0.15) is 0 Å². The van der Waals surface area contributed by atoms with Crippen LogP contribution in [0.1, 0.15) is 30.5 Å². The highest BCUT2D eigenvalue weighted by Gasteiger charge is 2.18. The first-order valence-corrected chi connectivity index (χ1v) is 15.6. The molecule has 9 heteroatoms. The Hall–Kier alpha value is -5.25. The van der Waals surface area contributed by atoms with Gasteiger partial charge in [0.2, 0.25) is 0 Å². The summed E-state index contributed by atoms with van der Waals surface area (Å²) in [7, 11) is 0. The monoisotopic (exact) mass is 611 g/mol. The van der Waals surface area contributed by atoms with Crippen molar-refractivity contribution in [2.45, 2.75) is 13.8 Å². The molecule has 5 aromatic heterocycles. The van der Waals surface area contributed by atoms with Crippen molar-refractivity contribution in [2.24, 2.45) is 0 Å². The molecule has 44 heavy (non-hydrogen) atoms. The molecule has 0 bridgehead atoms. The fourth-order valence-corrected chi connectivity index (χ4v) is 6.72. The predicted molar refractivity (Wildman–Crippen MR) is 180 cm³/mol. The molecule has 2 N–H and O–H groups in total. The van der Waals surface area contributed by atoms with E-state index in [1.165, 1.54) is 9.75 Å². The lowest BCUT2D eigenvalue weighted by Gasteiger charge is -2.12. The number of para-hydroxylation sites is 2. The number of pyridine rings is 3. The quantitative estimate of drug-likeness (QED) is 0.196. The zero-order valence-corrected chi connectivity index (χ0v) is 25.4. The van der Waals surface area contributed by atoms with Crippen molar-refractivity contribution < 1.29 is 9.59 Å². The van der Waals surface area contributed by atoms with Gasteiger partial charge in [0.1, 0.15) is 11.6 Å². The molecule has 2 aromatic carbocycles. The van der Waals surface area contributed by atoms with Crippen LogP contribution in [-0.4, -0.2) is 26.8 Å². The lowest BCUT2D eigenvalue weighted by molar-refractivity contribution is 0.102. The van der Waals surface area contributed by atoms with Gasteiger partial charge < -0.3 is 10.6 Å². The fraction of sp³-hybridized carbons (Fsp3) is 0.0571.